The fourth-order valence-corrected chi connectivity index (χ4v) is 2.88. The summed E-state index contributed by atoms with van der Waals surface area (Å²) in [6, 6.07) is 5.14. The Labute approximate surface area is 110 Å². The summed E-state index contributed by atoms with van der Waals surface area (Å²) < 4.78 is 14.8. The summed E-state index contributed by atoms with van der Waals surface area (Å²) in [7, 11) is 0. The van der Waals surface area contributed by atoms with E-state index in [-0.39, 0.29) is 11.4 Å². The summed E-state index contributed by atoms with van der Waals surface area (Å²) in [5.41, 5.74) is 0.697. The highest BCUT2D eigenvalue weighted by Gasteiger charge is 2.26. The normalized spacial score (nSPS) is 20.1. The van der Waals surface area contributed by atoms with Crippen LogP contribution in [0.15, 0.2) is 22.7 Å². The minimum atomic E-state index is -0.155. The van der Waals surface area contributed by atoms with Crippen LogP contribution in [-0.2, 0) is 0 Å². The van der Waals surface area contributed by atoms with Crippen molar-refractivity contribution in [3.05, 3.63) is 28.5 Å². The van der Waals surface area contributed by atoms with Gasteiger partial charge in [0.15, 0.2) is 0 Å². The van der Waals surface area contributed by atoms with Crippen LogP contribution in [0, 0.1) is 5.82 Å². The van der Waals surface area contributed by atoms with Gasteiger partial charge in [-0.25, -0.2) is 4.39 Å². The van der Waals surface area contributed by atoms with E-state index in [1.54, 1.807) is 6.07 Å². The zero-order valence-corrected chi connectivity index (χ0v) is 11.8. The Hall–Kier alpha value is -0.610. The number of hydrogen-bond acceptors (Lipinski definition) is 2. The maximum Gasteiger partial charge on any atom is 0.147 e. The van der Waals surface area contributed by atoms with Crippen molar-refractivity contribution in [2.45, 2.75) is 25.8 Å². The van der Waals surface area contributed by atoms with E-state index in [0.717, 1.165) is 30.5 Å². The van der Waals surface area contributed by atoms with Gasteiger partial charge in [0.2, 0.25) is 0 Å². The second kappa shape index (κ2) is 4.94. The fraction of sp³-hybridized carbons (Fsp3) is 0.538. The quantitative estimate of drug-likeness (QED) is 0.857. The molecule has 0 aromatic heterocycles. The summed E-state index contributed by atoms with van der Waals surface area (Å²) in [6.07, 6.45) is 1.03. The second-order valence-electron chi connectivity index (χ2n) is 5.16. The number of hydrogen-bond donors (Lipinski definition) is 1. The summed E-state index contributed by atoms with van der Waals surface area (Å²) in [4.78, 5) is 2.12. The molecule has 2 rings (SSSR count). The third kappa shape index (κ3) is 2.99. The number of halogens is 2. The molecule has 0 aliphatic carbocycles. The predicted octanol–water partition coefficient (Wildman–Crippen LogP) is 3.17. The van der Waals surface area contributed by atoms with E-state index >= 15 is 0 Å². The molecule has 1 aromatic rings. The van der Waals surface area contributed by atoms with Crippen LogP contribution in [0.2, 0.25) is 0 Å². The number of para-hydroxylation sites is 1. The Kier molecular flexibility index (Phi) is 3.73. The van der Waals surface area contributed by atoms with Crippen molar-refractivity contribution < 1.29 is 4.39 Å². The minimum Gasteiger partial charge on any atom is -0.366 e. The van der Waals surface area contributed by atoms with E-state index in [1.807, 2.05) is 6.07 Å². The van der Waals surface area contributed by atoms with Crippen molar-refractivity contribution >= 4 is 21.6 Å². The van der Waals surface area contributed by atoms with Crippen molar-refractivity contribution in [1.29, 1.82) is 0 Å². The molecule has 0 bridgehead atoms. The summed E-state index contributed by atoms with van der Waals surface area (Å²) in [5, 5.41) is 3.48. The number of nitrogens with zero attached hydrogens (tertiary/aromatic N) is 1. The maximum atomic E-state index is 13.9. The van der Waals surface area contributed by atoms with E-state index < -0.39 is 0 Å². The van der Waals surface area contributed by atoms with E-state index in [1.165, 1.54) is 6.07 Å². The van der Waals surface area contributed by atoms with Crippen LogP contribution in [0.25, 0.3) is 0 Å². The van der Waals surface area contributed by atoms with Gasteiger partial charge in [-0.2, -0.15) is 0 Å². The van der Waals surface area contributed by atoms with Crippen LogP contribution in [0.3, 0.4) is 0 Å². The molecule has 1 aromatic carbocycles. The molecule has 0 radical (unpaired) electrons. The van der Waals surface area contributed by atoms with Crippen LogP contribution >= 0.6 is 15.9 Å². The molecular formula is C13H18BrFN2. The van der Waals surface area contributed by atoms with Crippen LogP contribution in [0.5, 0.6) is 0 Å². The number of nitrogens with one attached hydrogen (secondary N) is 1. The van der Waals surface area contributed by atoms with Gasteiger partial charge in [0.05, 0.1) is 5.69 Å². The molecule has 1 N–H and O–H groups in total. The molecule has 0 amide bonds. The topological polar surface area (TPSA) is 15.3 Å². The lowest BCUT2D eigenvalue weighted by Gasteiger charge is -2.32. The molecule has 0 spiro atoms. The standard InChI is InChI=1S/C13H18BrFN2/c1-13(2)9-17(8-4-7-16-13)12-10(14)5-3-6-11(12)15/h3,5-6,16H,4,7-9H2,1-2H3. The largest absolute Gasteiger partial charge is 0.366 e. The van der Waals surface area contributed by atoms with Crippen molar-refractivity contribution in [1.82, 2.24) is 5.32 Å². The summed E-state index contributed by atoms with van der Waals surface area (Å²) in [5.74, 6) is -0.155. The van der Waals surface area contributed by atoms with Gasteiger partial charge in [-0.1, -0.05) is 6.07 Å². The highest BCUT2D eigenvalue weighted by Crippen LogP contribution is 2.31. The van der Waals surface area contributed by atoms with Gasteiger partial charge in [-0.05, 0) is 54.9 Å². The van der Waals surface area contributed by atoms with E-state index in [0.29, 0.717) is 5.69 Å². The zero-order valence-electron chi connectivity index (χ0n) is 10.3. The van der Waals surface area contributed by atoms with Gasteiger partial charge < -0.3 is 10.2 Å². The monoisotopic (exact) mass is 300 g/mol. The Morgan fingerprint density at radius 2 is 2.18 bits per heavy atom. The average Bonchev–Trinajstić information content (AvgIpc) is 2.39. The van der Waals surface area contributed by atoms with E-state index in [9.17, 15) is 4.39 Å². The molecule has 17 heavy (non-hydrogen) atoms. The first-order chi connectivity index (χ1) is 7.99. The molecule has 0 unspecified atom stereocenters. The highest BCUT2D eigenvalue weighted by molar-refractivity contribution is 9.10. The van der Waals surface area contributed by atoms with E-state index in [4.69, 9.17) is 0 Å². The van der Waals surface area contributed by atoms with Crippen LogP contribution in [0.4, 0.5) is 10.1 Å². The van der Waals surface area contributed by atoms with Gasteiger partial charge in [0.25, 0.3) is 0 Å². The molecule has 1 aliphatic heterocycles. The van der Waals surface area contributed by atoms with Crippen molar-refractivity contribution in [3.63, 3.8) is 0 Å². The van der Waals surface area contributed by atoms with Gasteiger partial charge in [-0.15, -0.1) is 0 Å². The van der Waals surface area contributed by atoms with Gasteiger partial charge in [0.1, 0.15) is 5.82 Å². The van der Waals surface area contributed by atoms with Crippen molar-refractivity contribution in [2.75, 3.05) is 24.5 Å². The molecule has 1 saturated heterocycles. The first kappa shape index (κ1) is 12.8. The average molecular weight is 301 g/mol. The first-order valence-corrected chi connectivity index (χ1v) is 6.73. The predicted molar refractivity (Wildman–Crippen MR) is 73.0 cm³/mol. The fourth-order valence-electron chi connectivity index (χ4n) is 2.29. The molecule has 94 valence electrons. The third-order valence-electron chi connectivity index (χ3n) is 3.05. The molecule has 0 atom stereocenters. The molecule has 4 heteroatoms. The lowest BCUT2D eigenvalue weighted by Crippen LogP contribution is -2.46. The van der Waals surface area contributed by atoms with E-state index in [2.05, 4.69) is 40.0 Å². The van der Waals surface area contributed by atoms with Gasteiger partial charge in [-0.3, -0.25) is 0 Å². The Morgan fingerprint density at radius 1 is 1.41 bits per heavy atom. The molecule has 1 fully saturated rings. The highest BCUT2D eigenvalue weighted by atomic mass is 79.9. The number of rotatable bonds is 1. The Bertz CT molecular complexity index is 386. The van der Waals surface area contributed by atoms with Crippen LogP contribution < -0.4 is 10.2 Å². The summed E-state index contributed by atoms with van der Waals surface area (Å²) in [6.45, 7) is 6.98. The lowest BCUT2D eigenvalue weighted by atomic mass is 10.1. The molecule has 1 aliphatic rings. The van der Waals surface area contributed by atoms with Crippen molar-refractivity contribution in [3.8, 4) is 0 Å². The number of benzene rings is 1. The summed E-state index contributed by atoms with van der Waals surface area (Å²) >= 11 is 3.44. The third-order valence-corrected chi connectivity index (χ3v) is 3.69. The SMILES string of the molecule is CC1(C)CN(c2c(F)cccc2Br)CCCN1. The van der Waals surface area contributed by atoms with Crippen LogP contribution in [-0.4, -0.2) is 25.2 Å². The maximum absolute atomic E-state index is 13.9. The Morgan fingerprint density at radius 3 is 2.88 bits per heavy atom. The molecule has 1 heterocycles. The Balaban J connectivity index is 2.32. The van der Waals surface area contributed by atoms with Gasteiger partial charge >= 0.3 is 0 Å². The van der Waals surface area contributed by atoms with Crippen LogP contribution in [0.1, 0.15) is 20.3 Å². The zero-order chi connectivity index (χ0) is 12.5. The first-order valence-electron chi connectivity index (χ1n) is 5.94. The molecule has 0 saturated carbocycles. The number of anilines is 1. The second-order valence-corrected chi connectivity index (χ2v) is 6.01. The van der Waals surface area contributed by atoms with Gasteiger partial charge in [0, 0.05) is 23.1 Å². The molecule has 2 nitrogen and oxygen atoms in total. The lowest BCUT2D eigenvalue weighted by molar-refractivity contribution is 0.415. The minimum absolute atomic E-state index is 0.0121. The molecular weight excluding hydrogens is 283 g/mol. The van der Waals surface area contributed by atoms with Crippen molar-refractivity contribution in [2.24, 2.45) is 0 Å². The smallest absolute Gasteiger partial charge is 0.147 e.